The average Bonchev–Trinajstić information content (AvgIpc) is 2.96. The fraction of sp³-hybridized carbons (Fsp3) is 0.0714. The quantitative estimate of drug-likeness (QED) is 0.730. The van der Waals surface area contributed by atoms with Crippen LogP contribution in [0.1, 0.15) is 11.1 Å². The minimum absolute atomic E-state index is 0.214. The van der Waals surface area contributed by atoms with Gasteiger partial charge in [0.05, 0.1) is 18.2 Å². The van der Waals surface area contributed by atoms with Crippen LogP contribution in [0, 0.1) is 17.1 Å². The topological polar surface area (TPSA) is 80.3 Å². The van der Waals surface area contributed by atoms with Crippen LogP contribution in [-0.4, -0.2) is 25.2 Å². The van der Waals surface area contributed by atoms with Crippen molar-refractivity contribution >= 4 is 0 Å². The van der Waals surface area contributed by atoms with Gasteiger partial charge in [-0.15, -0.1) is 5.10 Å². The van der Waals surface area contributed by atoms with Gasteiger partial charge in [0.2, 0.25) is 0 Å². The van der Waals surface area contributed by atoms with Gasteiger partial charge in [0.15, 0.2) is 5.82 Å². The molecule has 2 aromatic heterocycles. The van der Waals surface area contributed by atoms with E-state index >= 15 is 0 Å². The molecule has 0 bridgehead atoms. The number of nitriles is 1. The molecule has 0 aliphatic heterocycles. The Hall–Kier alpha value is -3.14. The second-order valence-corrected chi connectivity index (χ2v) is 4.31. The predicted molar refractivity (Wildman–Crippen MR) is 71.3 cm³/mol. The summed E-state index contributed by atoms with van der Waals surface area (Å²) in [4.78, 5) is 3.94. The van der Waals surface area contributed by atoms with Gasteiger partial charge in [-0.2, -0.15) is 5.26 Å². The van der Waals surface area contributed by atoms with Crippen molar-refractivity contribution in [3.8, 4) is 17.5 Å². The number of halogens is 1. The summed E-state index contributed by atoms with van der Waals surface area (Å²) in [6, 6.07) is 9.61. The van der Waals surface area contributed by atoms with Crippen molar-refractivity contribution < 1.29 is 4.39 Å². The number of pyridine rings is 1. The highest BCUT2D eigenvalue weighted by molar-refractivity contribution is 5.53. The van der Waals surface area contributed by atoms with E-state index in [1.165, 1.54) is 22.9 Å². The van der Waals surface area contributed by atoms with Crippen molar-refractivity contribution in [3.05, 3.63) is 59.7 Å². The molecule has 0 saturated carbocycles. The highest BCUT2D eigenvalue weighted by Gasteiger charge is 2.11. The van der Waals surface area contributed by atoms with E-state index in [1.54, 1.807) is 24.5 Å². The molecule has 0 N–H and O–H groups in total. The van der Waals surface area contributed by atoms with Gasteiger partial charge in [-0.25, -0.2) is 9.07 Å². The summed E-state index contributed by atoms with van der Waals surface area (Å²) in [5.74, 6) is 0.132. The summed E-state index contributed by atoms with van der Waals surface area (Å²) < 4.78 is 14.9. The third kappa shape index (κ3) is 2.60. The highest BCUT2D eigenvalue weighted by Crippen LogP contribution is 2.17. The molecule has 0 spiro atoms. The minimum atomic E-state index is -0.400. The summed E-state index contributed by atoms with van der Waals surface area (Å²) in [6.07, 6.45) is 3.27. The third-order valence-corrected chi connectivity index (χ3v) is 2.98. The smallest absolute Gasteiger partial charge is 0.182 e. The number of hydrogen-bond donors (Lipinski definition) is 0. The molecule has 0 aliphatic carbocycles. The number of hydrogen-bond acceptors (Lipinski definition) is 5. The van der Waals surface area contributed by atoms with E-state index < -0.39 is 5.82 Å². The molecule has 0 atom stereocenters. The second kappa shape index (κ2) is 5.46. The van der Waals surface area contributed by atoms with Crippen LogP contribution in [0.2, 0.25) is 0 Å². The first-order valence-electron chi connectivity index (χ1n) is 6.13. The van der Waals surface area contributed by atoms with Crippen LogP contribution < -0.4 is 0 Å². The fourth-order valence-corrected chi connectivity index (χ4v) is 1.98. The molecule has 21 heavy (non-hydrogen) atoms. The van der Waals surface area contributed by atoms with Crippen LogP contribution in [0.15, 0.2) is 42.7 Å². The SMILES string of the molecule is N#Cc1ccc(F)cc1Cn1nnnc1-c1ccncc1. The third-order valence-electron chi connectivity index (χ3n) is 2.98. The van der Waals surface area contributed by atoms with Crippen molar-refractivity contribution in [1.82, 2.24) is 25.2 Å². The number of aromatic nitrogens is 5. The number of rotatable bonds is 3. The van der Waals surface area contributed by atoms with Gasteiger partial charge in [0, 0.05) is 18.0 Å². The molecule has 0 fully saturated rings. The van der Waals surface area contributed by atoms with E-state index in [0.717, 1.165) is 5.56 Å². The molecule has 0 aliphatic rings. The summed E-state index contributed by atoms with van der Waals surface area (Å²) in [6.45, 7) is 0.214. The molecule has 2 heterocycles. The molecule has 7 heteroatoms. The van der Waals surface area contributed by atoms with Gasteiger partial charge in [-0.1, -0.05) is 0 Å². The summed E-state index contributed by atoms with van der Waals surface area (Å²) in [7, 11) is 0. The lowest BCUT2D eigenvalue weighted by molar-refractivity contribution is 0.614. The molecule has 102 valence electrons. The van der Waals surface area contributed by atoms with Crippen LogP contribution in [0.3, 0.4) is 0 Å². The maximum atomic E-state index is 13.4. The van der Waals surface area contributed by atoms with Gasteiger partial charge in [0.25, 0.3) is 0 Å². The van der Waals surface area contributed by atoms with Crippen molar-refractivity contribution in [2.75, 3.05) is 0 Å². The monoisotopic (exact) mass is 280 g/mol. The highest BCUT2D eigenvalue weighted by atomic mass is 19.1. The summed E-state index contributed by atoms with van der Waals surface area (Å²) in [5, 5.41) is 20.6. The number of benzene rings is 1. The Balaban J connectivity index is 2.00. The maximum absolute atomic E-state index is 13.4. The molecule has 0 saturated heterocycles. The van der Waals surface area contributed by atoms with E-state index in [9.17, 15) is 4.39 Å². The molecule has 6 nitrogen and oxygen atoms in total. The molecule has 3 aromatic rings. The van der Waals surface area contributed by atoms with E-state index in [2.05, 4.69) is 20.5 Å². The Labute approximate surface area is 119 Å². The van der Waals surface area contributed by atoms with Crippen molar-refractivity contribution in [1.29, 1.82) is 5.26 Å². The molecule has 0 radical (unpaired) electrons. The molecular formula is C14H9FN6. The van der Waals surface area contributed by atoms with Crippen LogP contribution in [0.5, 0.6) is 0 Å². The van der Waals surface area contributed by atoms with Gasteiger partial charge in [-0.3, -0.25) is 4.98 Å². The summed E-state index contributed by atoms with van der Waals surface area (Å²) in [5.41, 5.74) is 1.72. The maximum Gasteiger partial charge on any atom is 0.182 e. The molecule has 1 aromatic carbocycles. The zero-order valence-electron chi connectivity index (χ0n) is 10.8. The zero-order chi connectivity index (χ0) is 14.7. The van der Waals surface area contributed by atoms with Crippen molar-refractivity contribution in [2.24, 2.45) is 0 Å². The van der Waals surface area contributed by atoms with Gasteiger partial charge >= 0.3 is 0 Å². The predicted octanol–water partition coefficient (Wildman–Crippen LogP) is 1.79. The minimum Gasteiger partial charge on any atom is -0.265 e. The van der Waals surface area contributed by atoms with Crippen LogP contribution in [-0.2, 0) is 6.54 Å². The molecule has 0 amide bonds. The first-order chi connectivity index (χ1) is 10.3. The average molecular weight is 280 g/mol. The Morgan fingerprint density at radius 2 is 2.00 bits per heavy atom. The molecular weight excluding hydrogens is 271 g/mol. The standard InChI is InChI=1S/C14H9FN6/c15-13-2-1-11(8-16)12(7-13)9-21-14(18-19-20-21)10-3-5-17-6-4-10/h1-7H,9H2. The second-order valence-electron chi connectivity index (χ2n) is 4.31. The van der Waals surface area contributed by atoms with Crippen molar-refractivity contribution in [3.63, 3.8) is 0 Å². The van der Waals surface area contributed by atoms with E-state index in [-0.39, 0.29) is 6.54 Å². The number of nitrogens with zero attached hydrogens (tertiary/aromatic N) is 6. The zero-order valence-corrected chi connectivity index (χ0v) is 10.8. The Morgan fingerprint density at radius 1 is 1.19 bits per heavy atom. The largest absolute Gasteiger partial charge is 0.265 e. The van der Waals surface area contributed by atoms with Gasteiger partial charge in [-0.05, 0) is 46.3 Å². The molecule has 0 unspecified atom stereocenters. The fourth-order valence-electron chi connectivity index (χ4n) is 1.98. The lowest BCUT2D eigenvalue weighted by atomic mass is 10.1. The normalized spacial score (nSPS) is 10.3. The lowest BCUT2D eigenvalue weighted by Crippen LogP contribution is -2.06. The van der Waals surface area contributed by atoms with Crippen LogP contribution in [0.4, 0.5) is 4.39 Å². The number of tetrazole rings is 1. The Kier molecular flexibility index (Phi) is 3.35. The van der Waals surface area contributed by atoms with E-state index in [4.69, 9.17) is 5.26 Å². The Morgan fingerprint density at radius 3 is 2.76 bits per heavy atom. The van der Waals surface area contributed by atoms with Crippen molar-refractivity contribution in [2.45, 2.75) is 6.54 Å². The first-order valence-corrected chi connectivity index (χ1v) is 6.13. The molecule has 3 rings (SSSR count). The van der Waals surface area contributed by atoms with Crippen LogP contribution in [0.25, 0.3) is 11.4 Å². The van der Waals surface area contributed by atoms with E-state index in [0.29, 0.717) is 17.0 Å². The van der Waals surface area contributed by atoms with Crippen LogP contribution >= 0.6 is 0 Å². The Bertz CT molecular complexity index is 806. The summed E-state index contributed by atoms with van der Waals surface area (Å²) >= 11 is 0. The van der Waals surface area contributed by atoms with E-state index in [1.807, 2.05) is 6.07 Å². The lowest BCUT2D eigenvalue weighted by Gasteiger charge is -2.06. The van der Waals surface area contributed by atoms with Gasteiger partial charge < -0.3 is 0 Å². The van der Waals surface area contributed by atoms with Gasteiger partial charge in [0.1, 0.15) is 5.82 Å². The first kappa shape index (κ1) is 12.9.